The number of carbonyl (C=O) groups is 3. The highest BCUT2D eigenvalue weighted by Crippen LogP contribution is 2.61. The summed E-state index contributed by atoms with van der Waals surface area (Å²) in [7, 11) is 0. The third-order valence-electron chi connectivity index (χ3n) is 9.00. The summed E-state index contributed by atoms with van der Waals surface area (Å²) in [6, 6.07) is 22.1. The number of nitrogens with one attached hydrogen (secondary N) is 3. The zero-order valence-corrected chi connectivity index (χ0v) is 20.8. The highest BCUT2D eigenvalue weighted by molar-refractivity contribution is 6.20. The van der Waals surface area contributed by atoms with E-state index in [2.05, 4.69) is 17.2 Å². The molecule has 7 rings (SSSR count). The van der Waals surface area contributed by atoms with E-state index < -0.39 is 16.9 Å². The number of hydrogen-bond donors (Lipinski definition) is 3. The van der Waals surface area contributed by atoms with Gasteiger partial charge in [0.2, 0.25) is 11.4 Å². The number of ether oxygens (including phenoxy) is 1. The van der Waals surface area contributed by atoms with Crippen LogP contribution in [0, 0.1) is 5.92 Å². The predicted molar refractivity (Wildman–Crippen MR) is 142 cm³/mol. The number of para-hydroxylation sites is 2. The van der Waals surface area contributed by atoms with Crippen molar-refractivity contribution in [1.29, 1.82) is 0 Å². The Hall–Kier alpha value is -4.23. The van der Waals surface area contributed by atoms with Crippen molar-refractivity contribution in [3.8, 4) is 5.75 Å². The minimum Gasteiger partial charge on any atom is -0.490 e. The second-order valence-electron chi connectivity index (χ2n) is 10.6. The number of benzene rings is 3. The largest absolute Gasteiger partial charge is 0.490 e. The summed E-state index contributed by atoms with van der Waals surface area (Å²) in [5.41, 5.74) is 0.682. The number of Topliss-reactive ketones (excluding diaryl/α,β-unsaturated/α-hetero) is 1. The van der Waals surface area contributed by atoms with Crippen molar-refractivity contribution in [2.45, 2.75) is 29.8 Å². The van der Waals surface area contributed by atoms with Crippen molar-refractivity contribution in [1.82, 2.24) is 0 Å². The molecule has 0 saturated carbocycles. The van der Waals surface area contributed by atoms with Crippen LogP contribution < -0.4 is 20.3 Å². The van der Waals surface area contributed by atoms with Gasteiger partial charge in [0.05, 0.1) is 18.2 Å². The fourth-order valence-electron chi connectivity index (χ4n) is 7.88. The maximum atomic E-state index is 14.7. The summed E-state index contributed by atoms with van der Waals surface area (Å²) in [5.74, 6) is -0.821. The predicted octanol–water partition coefficient (Wildman–Crippen LogP) is 2.85. The Morgan fingerprint density at radius 3 is 2.47 bits per heavy atom. The van der Waals surface area contributed by atoms with Crippen LogP contribution in [0.2, 0.25) is 0 Å². The van der Waals surface area contributed by atoms with Gasteiger partial charge >= 0.3 is 0 Å². The van der Waals surface area contributed by atoms with Crippen LogP contribution in [-0.2, 0) is 20.5 Å². The normalized spacial score (nSPS) is 30.1. The van der Waals surface area contributed by atoms with Gasteiger partial charge in [0.15, 0.2) is 11.2 Å². The van der Waals surface area contributed by atoms with E-state index in [1.54, 1.807) is 30.3 Å². The van der Waals surface area contributed by atoms with Crippen LogP contribution in [0.1, 0.15) is 34.3 Å². The van der Waals surface area contributed by atoms with Crippen molar-refractivity contribution < 1.29 is 24.0 Å². The number of rotatable bonds is 5. The molecule has 3 unspecified atom stereocenters. The van der Waals surface area contributed by atoms with Crippen LogP contribution in [0.4, 0.5) is 11.4 Å². The van der Waals surface area contributed by atoms with Gasteiger partial charge in [0.25, 0.3) is 5.91 Å². The molecule has 0 radical (unpaired) electrons. The zero-order chi connectivity index (χ0) is 26.1. The second-order valence-corrected chi connectivity index (χ2v) is 10.6. The van der Waals surface area contributed by atoms with E-state index in [1.807, 2.05) is 48.5 Å². The van der Waals surface area contributed by atoms with E-state index in [1.165, 1.54) is 0 Å². The van der Waals surface area contributed by atoms with Crippen molar-refractivity contribution in [3.05, 3.63) is 102 Å². The van der Waals surface area contributed by atoms with E-state index in [0.29, 0.717) is 35.8 Å². The molecule has 3 aromatic rings. The zero-order valence-electron chi connectivity index (χ0n) is 20.8. The summed E-state index contributed by atoms with van der Waals surface area (Å²) in [5, 5.41) is 6.17. The molecule has 4 heterocycles. The summed E-state index contributed by atoms with van der Waals surface area (Å²) in [6.07, 6.45) is 3.29. The summed E-state index contributed by atoms with van der Waals surface area (Å²) >= 11 is 0. The molecule has 7 heteroatoms. The lowest BCUT2D eigenvalue weighted by atomic mass is 9.57. The van der Waals surface area contributed by atoms with Gasteiger partial charge in [-0.05, 0) is 29.8 Å². The van der Waals surface area contributed by atoms with Crippen LogP contribution >= 0.6 is 0 Å². The maximum absolute atomic E-state index is 14.7. The smallest absolute Gasteiger partial charge is 0.292 e. The molecule has 2 spiro atoms. The summed E-state index contributed by atoms with van der Waals surface area (Å²) in [6.45, 7) is 4.72. The Labute approximate surface area is 220 Å². The van der Waals surface area contributed by atoms with Gasteiger partial charge in [-0.1, -0.05) is 61.2 Å². The van der Waals surface area contributed by atoms with Gasteiger partial charge in [-0.2, -0.15) is 0 Å². The van der Waals surface area contributed by atoms with E-state index in [0.717, 1.165) is 28.9 Å². The fraction of sp³-hybridized carbons (Fsp3) is 0.258. The number of fused-ring (bicyclic) bond motifs is 7. The third kappa shape index (κ3) is 2.64. The molecule has 4 aliphatic heterocycles. The fourth-order valence-corrected chi connectivity index (χ4v) is 7.88. The SMILES string of the molecule is C=CCOc1cccc(C(=O)C2C3CCC[NH+]3[C@@]3(C(=O)Nc4ccccc43)[C@@]23C(=O)Nc2ccccc23)c1. The molecular weight excluding hydrogens is 478 g/mol. The Balaban J connectivity index is 1.51. The number of ketones is 1. The van der Waals surface area contributed by atoms with E-state index in [9.17, 15) is 14.4 Å². The molecule has 2 fully saturated rings. The van der Waals surface area contributed by atoms with Gasteiger partial charge < -0.3 is 20.3 Å². The molecule has 0 aliphatic carbocycles. The van der Waals surface area contributed by atoms with Crippen LogP contribution in [0.15, 0.2) is 85.5 Å². The average Bonchev–Trinajstić information content (AvgIpc) is 3.66. The molecule has 0 bridgehead atoms. The highest BCUT2D eigenvalue weighted by Gasteiger charge is 2.84. The lowest BCUT2D eigenvalue weighted by Crippen LogP contribution is -3.20. The first-order valence-corrected chi connectivity index (χ1v) is 13.1. The van der Waals surface area contributed by atoms with E-state index in [4.69, 9.17) is 4.74 Å². The van der Waals surface area contributed by atoms with Gasteiger partial charge in [0.1, 0.15) is 18.4 Å². The first-order valence-electron chi connectivity index (χ1n) is 13.1. The van der Waals surface area contributed by atoms with Crippen molar-refractivity contribution in [2.75, 3.05) is 23.8 Å². The molecule has 38 heavy (non-hydrogen) atoms. The highest BCUT2D eigenvalue weighted by atomic mass is 16.5. The number of hydrogen-bond acceptors (Lipinski definition) is 4. The number of anilines is 2. The third-order valence-corrected chi connectivity index (χ3v) is 9.00. The van der Waals surface area contributed by atoms with Crippen LogP contribution in [0.25, 0.3) is 0 Å². The monoisotopic (exact) mass is 506 g/mol. The van der Waals surface area contributed by atoms with Crippen LogP contribution in [0.5, 0.6) is 5.75 Å². The van der Waals surface area contributed by atoms with Gasteiger partial charge in [-0.15, -0.1) is 0 Å². The average molecular weight is 507 g/mol. The minimum atomic E-state index is -1.41. The molecule has 3 N–H and O–H groups in total. The molecule has 190 valence electrons. The Morgan fingerprint density at radius 1 is 0.974 bits per heavy atom. The molecule has 2 saturated heterocycles. The van der Waals surface area contributed by atoms with Gasteiger partial charge in [-0.25, -0.2) is 0 Å². The van der Waals surface area contributed by atoms with Gasteiger partial charge in [0, 0.05) is 29.7 Å². The molecular formula is C31H28N3O4+. The Morgan fingerprint density at radius 2 is 1.68 bits per heavy atom. The molecule has 3 aromatic carbocycles. The molecule has 4 aliphatic rings. The maximum Gasteiger partial charge on any atom is 0.292 e. The number of carbonyl (C=O) groups excluding carboxylic acids is 3. The standard InChI is InChI=1S/C31H27N3O4/c1-2-17-38-20-10-7-9-19(18-20)27(35)26-25-15-8-16-34(25)31(22-12-4-6-14-24(22)33-29(31)37)30(26)21-11-3-5-13-23(21)32-28(30)36/h2-7,9-14,18,25-26H,1,8,15-17H2,(H,32,36)(H,33,37)/p+1/t25?,26?,30-,31+/m1/s1. The van der Waals surface area contributed by atoms with Crippen molar-refractivity contribution in [2.24, 2.45) is 5.92 Å². The summed E-state index contributed by atoms with van der Waals surface area (Å²) in [4.78, 5) is 44.5. The molecule has 5 atom stereocenters. The second kappa shape index (κ2) is 8.13. The molecule has 0 aromatic heterocycles. The Bertz CT molecular complexity index is 1530. The van der Waals surface area contributed by atoms with Crippen LogP contribution in [-0.4, -0.2) is 36.8 Å². The minimum absolute atomic E-state index is 0.139. The lowest BCUT2D eigenvalue weighted by Gasteiger charge is -2.40. The Kier molecular flexibility index (Phi) is 4.91. The van der Waals surface area contributed by atoms with Gasteiger partial charge in [-0.3, -0.25) is 14.4 Å². The molecule has 2 amide bonds. The molecule has 7 nitrogen and oxygen atoms in total. The van der Waals surface area contributed by atoms with Crippen molar-refractivity contribution in [3.63, 3.8) is 0 Å². The number of amides is 2. The summed E-state index contributed by atoms with van der Waals surface area (Å²) < 4.78 is 5.73. The van der Waals surface area contributed by atoms with E-state index >= 15 is 0 Å². The first-order chi connectivity index (χ1) is 18.5. The first kappa shape index (κ1) is 22.9. The lowest BCUT2D eigenvalue weighted by molar-refractivity contribution is -0.949. The number of quaternary nitrogens is 1. The quantitative estimate of drug-likeness (QED) is 0.367. The van der Waals surface area contributed by atoms with Crippen molar-refractivity contribution >= 4 is 29.0 Å². The van der Waals surface area contributed by atoms with Crippen LogP contribution in [0.3, 0.4) is 0 Å². The van der Waals surface area contributed by atoms with E-state index in [-0.39, 0.29) is 23.6 Å². The topological polar surface area (TPSA) is 88.9 Å².